The topological polar surface area (TPSA) is 77.2 Å². The molecule has 3 aromatic heterocycles. The van der Waals surface area contributed by atoms with Gasteiger partial charge in [0.05, 0.1) is 30.2 Å². The normalized spacial score (nSPS) is 17.3. The standard InChI is InChI=1S/C21H21N7O/c1-4-27-8-7-15(12-27)28-20(10-19-24-13(2)29-26-19)25-18-11-23-17-6-5-14(22-3)9-16(17)21(18)28/h5-6,9,11,15H,4,7-8,10,12H2,1-2H3/t15-/m1/s1. The molecule has 5 rings (SSSR count). The van der Waals surface area contributed by atoms with E-state index < -0.39 is 0 Å². The minimum absolute atomic E-state index is 0.310. The van der Waals surface area contributed by atoms with Gasteiger partial charge in [0.25, 0.3) is 0 Å². The van der Waals surface area contributed by atoms with Gasteiger partial charge < -0.3 is 14.0 Å². The van der Waals surface area contributed by atoms with E-state index in [1.807, 2.05) is 24.4 Å². The summed E-state index contributed by atoms with van der Waals surface area (Å²) >= 11 is 0. The van der Waals surface area contributed by atoms with Crippen molar-refractivity contribution < 1.29 is 4.52 Å². The van der Waals surface area contributed by atoms with Gasteiger partial charge in [-0.25, -0.2) is 9.83 Å². The molecular formula is C21H21N7O. The van der Waals surface area contributed by atoms with Crippen LogP contribution in [0.5, 0.6) is 0 Å². The number of likely N-dealkylation sites (N-methyl/N-ethyl adjacent to an activating group) is 1. The van der Waals surface area contributed by atoms with Crippen molar-refractivity contribution in [2.24, 2.45) is 0 Å². The Bertz CT molecular complexity index is 1250. The van der Waals surface area contributed by atoms with Gasteiger partial charge >= 0.3 is 0 Å². The molecule has 0 saturated carbocycles. The van der Waals surface area contributed by atoms with Gasteiger partial charge in [0.15, 0.2) is 11.5 Å². The van der Waals surface area contributed by atoms with Gasteiger partial charge in [-0.05, 0) is 25.1 Å². The maximum Gasteiger partial charge on any atom is 0.223 e. The molecule has 0 aliphatic carbocycles. The van der Waals surface area contributed by atoms with Crippen LogP contribution in [-0.2, 0) is 6.42 Å². The maximum absolute atomic E-state index is 7.40. The van der Waals surface area contributed by atoms with Crippen molar-refractivity contribution in [3.05, 3.63) is 53.4 Å². The third-order valence-corrected chi connectivity index (χ3v) is 5.65. The van der Waals surface area contributed by atoms with Crippen LogP contribution >= 0.6 is 0 Å². The van der Waals surface area contributed by atoms with E-state index in [9.17, 15) is 0 Å². The molecule has 146 valence electrons. The number of fused-ring (bicyclic) bond motifs is 3. The van der Waals surface area contributed by atoms with E-state index in [-0.39, 0.29) is 0 Å². The van der Waals surface area contributed by atoms with Crippen LogP contribution in [0.25, 0.3) is 26.8 Å². The van der Waals surface area contributed by atoms with Crippen LogP contribution < -0.4 is 0 Å². The summed E-state index contributed by atoms with van der Waals surface area (Å²) in [4.78, 5) is 19.9. The number of hydrogen-bond acceptors (Lipinski definition) is 6. The highest BCUT2D eigenvalue weighted by atomic mass is 16.5. The lowest BCUT2D eigenvalue weighted by Crippen LogP contribution is -2.22. The smallest absolute Gasteiger partial charge is 0.223 e. The second-order valence-electron chi connectivity index (χ2n) is 7.45. The van der Waals surface area contributed by atoms with Gasteiger partial charge in [-0.15, -0.1) is 0 Å². The number of benzene rings is 1. The SMILES string of the molecule is [C-]#[N+]c1ccc2ncc3nc(Cc4noc(C)n4)n([C@@H]4CCN(CC)C4)c3c2c1. The Hall–Kier alpha value is -3.31. The Morgan fingerprint density at radius 1 is 1.28 bits per heavy atom. The number of imidazole rings is 1. The quantitative estimate of drug-likeness (QED) is 0.497. The van der Waals surface area contributed by atoms with Crippen LogP contribution in [-0.4, -0.2) is 49.2 Å². The zero-order valence-electron chi connectivity index (χ0n) is 16.5. The highest BCUT2D eigenvalue weighted by Crippen LogP contribution is 2.34. The van der Waals surface area contributed by atoms with Crippen LogP contribution in [0.2, 0.25) is 0 Å². The molecule has 0 N–H and O–H groups in total. The molecule has 0 unspecified atom stereocenters. The molecule has 1 aliphatic heterocycles. The Labute approximate surface area is 168 Å². The summed E-state index contributed by atoms with van der Waals surface area (Å²) in [6, 6.07) is 5.95. The van der Waals surface area contributed by atoms with Gasteiger partial charge in [0.1, 0.15) is 11.3 Å². The molecular weight excluding hydrogens is 366 g/mol. The Balaban J connectivity index is 1.74. The lowest BCUT2D eigenvalue weighted by molar-refractivity contribution is 0.341. The van der Waals surface area contributed by atoms with E-state index in [4.69, 9.17) is 16.1 Å². The first-order chi connectivity index (χ1) is 14.2. The number of nitrogens with zero attached hydrogens (tertiary/aromatic N) is 7. The maximum atomic E-state index is 7.40. The minimum atomic E-state index is 0.310. The van der Waals surface area contributed by atoms with Crippen molar-refractivity contribution in [3.63, 3.8) is 0 Å². The fourth-order valence-electron chi connectivity index (χ4n) is 4.27. The lowest BCUT2D eigenvalue weighted by Gasteiger charge is -2.18. The van der Waals surface area contributed by atoms with Crippen molar-refractivity contribution in [3.8, 4) is 0 Å². The summed E-state index contributed by atoms with van der Waals surface area (Å²) < 4.78 is 7.49. The molecule has 0 amide bonds. The first-order valence-electron chi connectivity index (χ1n) is 9.85. The molecule has 1 saturated heterocycles. The third kappa shape index (κ3) is 3.04. The highest BCUT2D eigenvalue weighted by molar-refractivity contribution is 6.03. The number of aromatic nitrogens is 5. The number of hydrogen-bond donors (Lipinski definition) is 0. The molecule has 4 aromatic rings. The molecule has 8 nitrogen and oxygen atoms in total. The van der Waals surface area contributed by atoms with E-state index >= 15 is 0 Å². The monoisotopic (exact) mass is 387 g/mol. The molecule has 0 radical (unpaired) electrons. The van der Waals surface area contributed by atoms with Crippen molar-refractivity contribution in [1.82, 2.24) is 29.6 Å². The van der Waals surface area contributed by atoms with Crippen LogP contribution in [0, 0.1) is 13.5 Å². The average Bonchev–Trinajstić information content (AvgIpc) is 3.45. The van der Waals surface area contributed by atoms with E-state index in [0.717, 1.165) is 53.8 Å². The van der Waals surface area contributed by atoms with E-state index in [1.165, 1.54) is 0 Å². The molecule has 0 bridgehead atoms. The molecule has 1 fully saturated rings. The summed E-state index contributed by atoms with van der Waals surface area (Å²) in [6.45, 7) is 14.5. The number of likely N-dealkylation sites (tertiary alicyclic amines) is 1. The number of rotatable bonds is 4. The van der Waals surface area contributed by atoms with Gasteiger partial charge in [-0.2, -0.15) is 4.98 Å². The summed E-state index contributed by atoms with van der Waals surface area (Å²) in [5.74, 6) is 2.09. The first-order valence-corrected chi connectivity index (χ1v) is 9.85. The van der Waals surface area contributed by atoms with E-state index in [0.29, 0.717) is 29.9 Å². The zero-order chi connectivity index (χ0) is 20.0. The van der Waals surface area contributed by atoms with Crippen molar-refractivity contribution in [2.45, 2.75) is 32.7 Å². The third-order valence-electron chi connectivity index (χ3n) is 5.65. The van der Waals surface area contributed by atoms with Gasteiger partial charge in [0.2, 0.25) is 5.89 Å². The molecule has 4 heterocycles. The van der Waals surface area contributed by atoms with Gasteiger partial charge in [0, 0.05) is 31.4 Å². The van der Waals surface area contributed by atoms with Crippen LogP contribution in [0.1, 0.15) is 36.9 Å². The lowest BCUT2D eigenvalue weighted by atomic mass is 10.1. The largest absolute Gasteiger partial charge is 0.340 e. The molecule has 8 heteroatoms. The molecule has 0 spiro atoms. The second kappa shape index (κ2) is 6.94. The molecule has 1 atom stereocenters. The minimum Gasteiger partial charge on any atom is -0.340 e. The highest BCUT2D eigenvalue weighted by Gasteiger charge is 2.28. The Morgan fingerprint density at radius 3 is 2.90 bits per heavy atom. The van der Waals surface area contributed by atoms with E-state index in [2.05, 4.69) is 36.4 Å². The number of pyridine rings is 1. The zero-order valence-corrected chi connectivity index (χ0v) is 16.5. The summed E-state index contributed by atoms with van der Waals surface area (Å²) in [5.41, 5.74) is 3.36. The average molecular weight is 387 g/mol. The second-order valence-corrected chi connectivity index (χ2v) is 7.45. The first kappa shape index (κ1) is 17.8. The van der Waals surface area contributed by atoms with Gasteiger partial charge in [-0.1, -0.05) is 18.1 Å². The Kier molecular flexibility index (Phi) is 4.25. The van der Waals surface area contributed by atoms with Crippen molar-refractivity contribution >= 4 is 27.6 Å². The number of aryl methyl sites for hydroxylation is 1. The molecule has 1 aromatic carbocycles. The molecule has 1 aliphatic rings. The fraction of sp³-hybridized carbons (Fsp3) is 0.381. The Morgan fingerprint density at radius 2 is 2.17 bits per heavy atom. The van der Waals surface area contributed by atoms with Gasteiger partial charge in [-0.3, -0.25) is 4.98 Å². The summed E-state index contributed by atoms with van der Waals surface area (Å²) in [6.07, 6.45) is 3.38. The fourth-order valence-corrected chi connectivity index (χ4v) is 4.27. The van der Waals surface area contributed by atoms with E-state index in [1.54, 1.807) is 6.92 Å². The van der Waals surface area contributed by atoms with Crippen LogP contribution in [0.4, 0.5) is 5.69 Å². The molecule has 29 heavy (non-hydrogen) atoms. The predicted molar refractivity (Wildman–Crippen MR) is 109 cm³/mol. The predicted octanol–water partition coefficient (Wildman–Crippen LogP) is 3.68. The van der Waals surface area contributed by atoms with Crippen molar-refractivity contribution in [1.29, 1.82) is 0 Å². The van der Waals surface area contributed by atoms with Crippen molar-refractivity contribution in [2.75, 3.05) is 19.6 Å². The van der Waals surface area contributed by atoms with Crippen LogP contribution in [0.15, 0.2) is 28.9 Å². The summed E-state index contributed by atoms with van der Waals surface area (Å²) in [5, 5.41) is 5.03. The summed E-state index contributed by atoms with van der Waals surface area (Å²) in [7, 11) is 0. The van der Waals surface area contributed by atoms with Crippen LogP contribution in [0.3, 0.4) is 0 Å².